The molecule has 0 aromatic heterocycles. The quantitative estimate of drug-likeness (QED) is 0.671. The molecule has 2 bridgehead atoms. The highest BCUT2D eigenvalue weighted by Gasteiger charge is 2.73. The summed E-state index contributed by atoms with van der Waals surface area (Å²) in [5, 5.41) is 22.3. The number of fused-ring (bicyclic) bond motifs is 3. The normalized spacial score (nSPS) is 60.6. The van der Waals surface area contributed by atoms with Crippen LogP contribution in [-0.2, 0) is 4.74 Å². The number of aliphatic hydroxyl groups excluding tert-OH is 1. The molecule has 10 unspecified atom stereocenters. The fourth-order valence-corrected chi connectivity index (χ4v) is 9.02. The standard InChI is InChI=1S/C21H35BrO3/c1-11(2)13-8-12-10-21(13)7-6-19(3)14(22)9-15(23)20(4,24)18(19)16(21)17(12)25-5/h11-18,23-24H,6-10H2,1-5H3. The minimum Gasteiger partial charge on any atom is -0.390 e. The van der Waals surface area contributed by atoms with Crippen LogP contribution in [0.4, 0.5) is 0 Å². The third-order valence-electron chi connectivity index (χ3n) is 9.15. The maximum atomic E-state index is 11.5. The Labute approximate surface area is 161 Å². The van der Waals surface area contributed by atoms with Crippen LogP contribution in [0.2, 0.25) is 0 Å². The van der Waals surface area contributed by atoms with Crippen LogP contribution in [0.1, 0.15) is 59.8 Å². The van der Waals surface area contributed by atoms with E-state index in [1.807, 2.05) is 14.0 Å². The predicted molar refractivity (Wildman–Crippen MR) is 103 cm³/mol. The van der Waals surface area contributed by atoms with E-state index < -0.39 is 11.7 Å². The molecule has 144 valence electrons. The first-order chi connectivity index (χ1) is 11.6. The highest BCUT2D eigenvalue weighted by atomic mass is 79.9. The highest BCUT2D eigenvalue weighted by Crippen LogP contribution is 2.74. The molecule has 4 rings (SSSR count). The first-order valence-corrected chi connectivity index (χ1v) is 11.1. The second kappa shape index (κ2) is 5.68. The molecule has 0 radical (unpaired) electrons. The van der Waals surface area contributed by atoms with Crippen LogP contribution >= 0.6 is 15.9 Å². The molecular weight excluding hydrogens is 380 g/mol. The van der Waals surface area contributed by atoms with Crippen LogP contribution in [-0.4, -0.2) is 40.0 Å². The molecule has 10 atom stereocenters. The molecule has 0 saturated heterocycles. The molecular formula is C21H35BrO3. The summed E-state index contributed by atoms with van der Waals surface area (Å²) in [5.74, 6) is 2.45. The van der Waals surface area contributed by atoms with E-state index in [1.54, 1.807) is 0 Å². The molecule has 0 aliphatic heterocycles. The monoisotopic (exact) mass is 414 g/mol. The van der Waals surface area contributed by atoms with Crippen molar-refractivity contribution in [1.29, 1.82) is 0 Å². The topological polar surface area (TPSA) is 49.7 Å². The van der Waals surface area contributed by atoms with Crippen molar-refractivity contribution in [2.75, 3.05) is 7.11 Å². The van der Waals surface area contributed by atoms with Crippen molar-refractivity contribution in [3.8, 4) is 0 Å². The molecule has 4 heteroatoms. The Bertz CT molecular complexity index is 549. The second-order valence-corrected chi connectivity index (χ2v) is 11.5. The number of methoxy groups -OCH3 is 1. The lowest BCUT2D eigenvalue weighted by Crippen LogP contribution is -2.68. The van der Waals surface area contributed by atoms with Crippen molar-refractivity contribution in [1.82, 2.24) is 0 Å². The average molecular weight is 415 g/mol. The Balaban J connectivity index is 1.84. The van der Waals surface area contributed by atoms with Crippen molar-refractivity contribution >= 4 is 15.9 Å². The average Bonchev–Trinajstić information content (AvgIpc) is 3.05. The zero-order valence-corrected chi connectivity index (χ0v) is 17.9. The molecule has 3 nitrogen and oxygen atoms in total. The molecule has 4 fully saturated rings. The van der Waals surface area contributed by atoms with E-state index in [2.05, 4.69) is 36.7 Å². The lowest BCUT2D eigenvalue weighted by Gasteiger charge is -2.65. The number of halogens is 1. The number of alkyl halides is 1. The maximum absolute atomic E-state index is 11.5. The number of aliphatic hydroxyl groups is 2. The van der Waals surface area contributed by atoms with Crippen LogP contribution in [0, 0.1) is 40.4 Å². The number of hydrogen-bond acceptors (Lipinski definition) is 3. The van der Waals surface area contributed by atoms with Gasteiger partial charge in [0.15, 0.2) is 0 Å². The Hall–Kier alpha value is 0.360. The minimum absolute atomic E-state index is 0.0153. The number of hydrogen-bond donors (Lipinski definition) is 2. The fourth-order valence-electron chi connectivity index (χ4n) is 8.15. The highest BCUT2D eigenvalue weighted by molar-refractivity contribution is 9.09. The van der Waals surface area contributed by atoms with Gasteiger partial charge in [0.25, 0.3) is 0 Å². The summed E-state index contributed by atoms with van der Waals surface area (Å²) >= 11 is 3.90. The van der Waals surface area contributed by atoms with E-state index in [1.165, 1.54) is 19.3 Å². The van der Waals surface area contributed by atoms with Gasteiger partial charge < -0.3 is 14.9 Å². The Kier molecular flexibility index (Phi) is 4.25. The Morgan fingerprint density at radius 3 is 2.44 bits per heavy atom. The molecule has 4 aliphatic rings. The van der Waals surface area contributed by atoms with E-state index in [0.29, 0.717) is 24.2 Å². The summed E-state index contributed by atoms with van der Waals surface area (Å²) in [6.45, 7) is 8.97. The zero-order valence-electron chi connectivity index (χ0n) is 16.3. The largest absolute Gasteiger partial charge is 0.390 e. The van der Waals surface area contributed by atoms with Gasteiger partial charge in [-0.1, -0.05) is 36.7 Å². The van der Waals surface area contributed by atoms with Gasteiger partial charge in [0.1, 0.15) is 0 Å². The lowest BCUT2D eigenvalue weighted by molar-refractivity contribution is -0.239. The van der Waals surface area contributed by atoms with Crippen molar-refractivity contribution in [2.45, 2.75) is 82.4 Å². The molecule has 0 heterocycles. The van der Waals surface area contributed by atoms with Crippen molar-refractivity contribution in [3.63, 3.8) is 0 Å². The Morgan fingerprint density at radius 2 is 1.84 bits per heavy atom. The summed E-state index contributed by atoms with van der Waals surface area (Å²) in [6, 6.07) is 0. The van der Waals surface area contributed by atoms with Crippen LogP contribution in [0.25, 0.3) is 0 Å². The van der Waals surface area contributed by atoms with Crippen molar-refractivity contribution in [3.05, 3.63) is 0 Å². The van der Waals surface area contributed by atoms with Gasteiger partial charge in [0, 0.05) is 17.9 Å². The van der Waals surface area contributed by atoms with Gasteiger partial charge >= 0.3 is 0 Å². The summed E-state index contributed by atoms with van der Waals surface area (Å²) < 4.78 is 6.09. The maximum Gasteiger partial charge on any atom is 0.0915 e. The van der Waals surface area contributed by atoms with Gasteiger partial charge in [0.2, 0.25) is 0 Å². The SMILES string of the molecule is COC1C2CC(C(C)C)C3(CCC4(C)C(Br)CC(O)C(C)(O)C4C13)C2. The van der Waals surface area contributed by atoms with E-state index >= 15 is 0 Å². The van der Waals surface area contributed by atoms with Gasteiger partial charge in [-0.3, -0.25) is 0 Å². The van der Waals surface area contributed by atoms with Gasteiger partial charge in [-0.15, -0.1) is 0 Å². The summed E-state index contributed by atoms with van der Waals surface area (Å²) in [4.78, 5) is 0.256. The molecule has 0 amide bonds. The zero-order chi connectivity index (χ0) is 18.4. The number of ether oxygens (including phenoxy) is 1. The van der Waals surface area contributed by atoms with Crippen LogP contribution in [0.15, 0.2) is 0 Å². The lowest BCUT2D eigenvalue weighted by atomic mass is 9.42. The van der Waals surface area contributed by atoms with E-state index in [0.717, 1.165) is 12.3 Å². The van der Waals surface area contributed by atoms with E-state index in [4.69, 9.17) is 4.74 Å². The molecule has 25 heavy (non-hydrogen) atoms. The van der Waals surface area contributed by atoms with E-state index in [9.17, 15) is 10.2 Å². The third-order valence-corrected chi connectivity index (χ3v) is 10.6. The van der Waals surface area contributed by atoms with Gasteiger partial charge in [-0.2, -0.15) is 0 Å². The van der Waals surface area contributed by atoms with Gasteiger partial charge in [-0.25, -0.2) is 0 Å². The first kappa shape index (κ1) is 18.7. The third kappa shape index (κ3) is 2.20. The number of rotatable bonds is 2. The molecule has 4 aliphatic carbocycles. The predicted octanol–water partition coefficient (Wildman–Crippen LogP) is 4.00. The molecule has 1 spiro atoms. The van der Waals surface area contributed by atoms with E-state index in [-0.39, 0.29) is 27.7 Å². The van der Waals surface area contributed by atoms with Crippen molar-refractivity contribution in [2.24, 2.45) is 40.4 Å². The summed E-state index contributed by atoms with van der Waals surface area (Å²) in [5.41, 5.74) is -0.737. The van der Waals surface area contributed by atoms with Gasteiger partial charge in [-0.05, 0) is 73.5 Å². The van der Waals surface area contributed by atoms with Crippen molar-refractivity contribution < 1.29 is 14.9 Å². The van der Waals surface area contributed by atoms with Crippen LogP contribution in [0.3, 0.4) is 0 Å². The second-order valence-electron chi connectivity index (χ2n) is 10.4. The summed E-state index contributed by atoms with van der Waals surface area (Å²) in [6.07, 6.45) is 5.12. The van der Waals surface area contributed by atoms with Crippen LogP contribution in [0.5, 0.6) is 0 Å². The fraction of sp³-hybridized carbons (Fsp3) is 1.00. The Morgan fingerprint density at radius 1 is 1.16 bits per heavy atom. The molecule has 4 saturated carbocycles. The first-order valence-electron chi connectivity index (χ1n) is 10.2. The smallest absolute Gasteiger partial charge is 0.0915 e. The minimum atomic E-state index is -1.04. The van der Waals surface area contributed by atoms with Crippen LogP contribution < -0.4 is 0 Å². The molecule has 0 aromatic carbocycles. The summed E-state index contributed by atoms with van der Waals surface area (Å²) in [7, 11) is 1.86. The van der Waals surface area contributed by atoms with Gasteiger partial charge in [0.05, 0.1) is 17.8 Å². The molecule has 0 aromatic rings. The molecule has 2 N–H and O–H groups in total.